The molecule has 1 aromatic carbocycles. The maximum atomic E-state index is 12.9. The Labute approximate surface area is 187 Å². The highest BCUT2D eigenvalue weighted by atomic mass is 32.2. The van der Waals surface area contributed by atoms with E-state index in [1.54, 1.807) is 18.4 Å². The summed E-state index contributed by atoms with van der Waals surface area (Å²) in [7, 11) is 0. The summed E-state index contributed by atoms with van der Waals surface area (Å²) < 4.78 is 6.87. The average molecular weight is 456 g/mol. The number of nitrogens with zero attached hydrogens (tertiary/aromatic N) is 2. The summed E-state index contributed by atoms with van der Waals surface area (Å²) in [5.74, 6) is 0.393. The van der Waals surface area contributed by atoms with Crippen LogP contribution in [0.15, 0.2) is 45.4 Å². The van der Waals surface area contributed by atoms with Gasteiger partial charge in [0.15, 0.2) is 4.34 Å². The van der Waals surface area contributed by atoms with Crippen LogP contribution in [0.25, 0.3) is 10.2 Å². The number of benzene rings is 1. The lowest BCUT2D eigenvalue weighted by Gasteiger charge is -2.19. The van der Waals surface area contributed by atoms with Gasteiger partial charge in [-0.2, -0.15) is 0 Å². The predicted molar refractivity (Wildman–Crippen MR) is 119 cm³/mol. The van der Waals surface area contributed by atoms with E-state index < -0.39 is 0 Å². The number of nitrogens with one attached hydrogen (secondary N) is 1. The lowest BCUT2D eigenvalue weighted by Crippen LogP contribution is -2.30. The van der Waals surface area contributed by atoms with Crippen molar-refractivity contribution in [3.05, 3.63) is 42.4 Å². The maximum absolute atomic E-state index is 12.9. The third kappa shape index (κ3) is 3.99. The molecule has 1 N–H and O–H groups in total. The first-order valence-electron chi connectivity index (χ1n) is 10.3. The molecule has 5 rings (SSSR count). The monoisotopic (exact) mass is 455 g/mol. The lowest BCUT2D eigenvalue weighted by atomic mass is 9.81. The van der Waals surface area contributed by atoms with Crippen LogP contribution in [0.3, 0.4) is 0 Å². The molecule has 3 amide bonds. The molecule has 9 heteroatoms. The van der Waals surface area contributed by atoms with Gasteiger partial charge in [0, 0.05) is 0 Å². The smallest absolute Gasteiger partial charge is 0.237 e. The van der Waals surface area contributed by atoms with Gasteiger partial charge in [0.05, 0.1) is 46.3 Å². The van der Waals surface area contributed by atoms with Crippen molar-refractivity contribution in [3.8, 4) is 0 Å². The van der Waals surface area contributed by atoms with E-state index in [2.05, 4.69) is 10.3 Å². The zero-order valence-electron chi connectivity index (χ0n) is 16.7. The fourth-order valence-corrected chi connectivity index (χ4v) is 6.22. The number of rotatable bonds is 6. The third-order valence-corrected chi connectivity index (χ3v) is 7.98. The zero-order chi connectivity index (χ0) is 21.4. The van der Waals surface area contributed by atoms with E-state index in [0.29, 0.717) is 18.0 Å². The van der Waals surface area contributed by atoms with Crippen molar-refractivity contribution >= 4 is 56.7 Å². The maximum Gasteiger partial charge on any atom is 0.237 e. The van der Waals surface area contributed by atoms with Gasteiger partial charge in [0.1, 0.15) is 5.76 Å². The number of anilines is 1. The number of fused-ring (bicyclic) bond motifs is 2. The first-order valence-corrected chi connectivity index (χ1v) is 12.1. The lowest BCUT2D eigenvalue weighted by molar-refractivity contribution is -0.122. The van der Waals surface area contributed by atoms with E-state index in [-0.39, 0.29) is 35.3 Å². The van der Waals surface area contributed by atoms with Gasteiger partial charge in [0.25, 0.3) is 0 Å². The first-order chi connectivity index (χ1) is 15.1. The van der Waals surface area contributed by atoms with Crippen molar-refractivity contribution < 1.29 is 18.8 Å². The molecule has 0 unspecified atom stereocenters. The number of carbonyl (C=O) groups is 3. The molecule has 31 heavy (non-hydrogen) atoms. The van der Waals surface area contributed by atoms with Crippen molar-refractivity contribution in [2.75, 3.05) is 10.7 Å². The third-order valence-electron chi connectivity index (χ3n) is 5.82. The van der Waals surface area contributed by atoms with Crippen molar-refractivity contribution in [1.29, 1.82) is 0 Å². The highest BCUT2D eigenvalue weighted by Gasteiger charge is 2.48. The summed E-state index contributed by atoms with van der Waals surface area (Å²) in [6.07, 6.45) is 5.20. The molecule has 7 nitrogen and oxygen atoms in total. The molecule has 2 fully saturated rings. The molecule has 0 radical (unpaired) electrons. The Balaban J connectivity index is 1.26. The minimum Gasteiger partial charge on any atom is -0.467 e. The number of amides is 3. The number of hydrogen-bond donors (Lipinski definition) is 1. The number of aromatic nitrogens is 1. The SMILES string of the molecule is O=C(CSc1nc2ccc(N3C(=O)[C@H]4CCCC[C@H]4C3=O)cc2s1)NCc1ccco1. The predicted octanol–water partition coefficient (Wildman–Crippen LogP) is 3.98. The first kappa shape index (κ1) is 20.3. The molecule has 2 aliphatic rings. The van der Waals surface area contributed by atoms with Crippen LogP contribution in [0, 0.1) is 11.8 Å². The highest BCUT2D eigenvalue weighted by molar-refractivity contribution is 8.01. The molecule has 1 aliphatic carbocycles. The van der Waals surface area contributed by atoms with Crippen LogP contribution < -0.4 is 10.2 Å². The minimum atomic E-state index is -0.163. The van der Waals surface area contributed by atoms with Crippen LogP contribution in [0.1, 0.15) is 31.4 Å². The number of carbonyl (C=O) groups excluding carboxylic acids is 3. The van der Waals surface area contributed by atoms with E-state index in [0.717, 1.165) is 40.2 Å². The standard InChI is InChI=1S/C22H21N3O4S2/c26-19(23-11-14-4-3-9-29-14)12-30-22-24-17-8-7-13(10-18(17)31-22)25-20(27)15-5-1-2-6-16(15)21(25)28/h3-4,7-10,15-16H,1-2,5-6,11-12H2,(H,23,26)/t15-,16+. The second-order valence-corrected chi connectivity index (χ2v) is 10.0. The fraction of sp³-hybridized carbons (Fsp3) is 0.364. The summed E-state index contributed by atoms with van der Waals surface area (Å²) in [5, 5.41) is 2.81. The minimum absolute atomic E-state index is 0.0682. The second-order valence-electron chi connectivity index (χ2n) is 7.79. The van der Waals surface area contributed by atoms with E-state index in [1.807, 2.05) is 18.2 Å². The van der Waals surface area contributed by atoms with Gasteiger partial charge in [-0.1, -0.05) is 24.6 Å². The molecule has 3 heterocycles. The second kappa shape index (κ2) is 8.47. The van der Waals surface area contributed by atoms with Crippen LogP contribution in [0.5, 0.6) is 0 Å². The van der Waals surface area contributed by atoms with Gasteiger partial charge in [-0.25, -0.2) is 4.98 Å². The van der Waals surface area contributed by atoms with Gasteiger partial charge in [-0.3, -0.25) is 19.3 Å². The van der Waals surface area contributed by atoms with Crippen LogP contribution in [0.2, 0.25) is 0 Å². The molecule has 3 aromatic rings. The Morgan fingerprint density at radius 3 is 2.68 bits per heavy atom. The van der Waals surface area contributed by atoms with Crippen LogP contribution in [-0.2, 0) is 20.9 Å². The van der Waals surface area contributed by atoms with Crippen LogP contribution >= 0.6 is 23.1 Å². The van der Waals surface area contributed by atoms with Gasteiger partial charge < -0.3 is 9.73 Å². The zero-order valence-corrected chi connectivity index (χ0v) is 18.3. The molecular weight excluding hydrogens is 434 g/mol. The van der Waals surface area contributed by atoms with Crippen molar-refractivity contribution in [2.24, 2.45) is 11.8 Å². The van der Waals surface area contributed by atoms with Crippen molar-refractivity contribution in [2.45, 2.75) is 36.6 Å². The number of thioether (sulfide) groups is 1. The molecule has 1 saturated heterocycles. The summed E-state index contributed by atoms with van der Waals surface area (Å²) in [5.41, 5.74) is 1.41. The fourth-order valence-electron chi connectivity index (χ4n) is 4.29. The average Bonchev–Trinajstić information content (AvgIpc) is 3.50. The Hall–Kier alpha value is -2.65. The van der Waals surface area contributed by atoms with Gasteiger partial charge >= 0.3 is 0 Å². The molecular formula is C22H21N3O4S2. The van der Waals surface area contributed by atoms with Crippen molar-refractivity contribution in [3.63, 3.8) is 0 Å². The van der Waals surface area contributed by atoms with Crippen LogP contribution in [0.4, 0.5) is 5.69 Å². The summed E-state index contributed by atoms with van der Waals surface area (Å²) in [4.78, 5) is 43.7. The molecule has 160 valence electrons. The molecule has 2 atom stereocenters. The summed E-state index contributed by atoms with van der Waals surface area (Å²) >= 11 is 2.82. The van der Waals surface area contributed by atoms with E-state index in [1.165, 1.54) is 28.0 Å². The molecule has 0 bridgehead atoms. The normalized spacial score (nSPS) is 21.0. The Kier molecular flexibility index (Phi) is 5.54. The van der Waals surface area contributed by atoms with E-state index in [9.17, 15) is 14.4 Å². The largest absolute Gasteiger partial charge is 0.467 e. The number of hydrogen-bond acceptors (Lipinski definition) is 7. The Morgan fingerprint density at radius 1 is 1.19 bits per heavy atom. The Bertz CT molecular complexity index is 1120. The number of thiazole rings is 1. The summed E-state index contributed by atoms with van der Waals surface area (Å²) in [6, 6.07) is 9.08. The molecule has 0 spiro atoms. The molecule has 2 aromatic heterocycles. The number of imide groups is 1. The topological polar surface area (TPSA) is 92.5 Å². The molecule has 1 saturated carbocycles. The van der Waals surface area contributed by atoms with Gasteiger partial charge in [0.2, 0.25) is 17.7 Å². The van der Waals surface area contributed by atoms with Crippen molar-refractivity contribution in [1.82, 2.24) is 10.3 Å². The quantitative estimate of drug-likeness (QED) is 0.447. The summed E-state index contributed by atoms with van der Waals surface area (Å²) in [6.45, 7) is 0.357. The van der Waals surface area contributed by atoms with E-state index in [4.69, 9.17) is 4.42 Å². The Morgan fingerprint density at radius 2 is 1.97 bits per heavy atom. The molecule has 1 aliphatic heterocycles. The number of furan rings is 1. The van der Waals surface area contributed by atoms with Gasteiger partial charge in [-0.15, -0.1) is 11.3 Å². The highest BCUT2D eigenvalue weighted by Crippen LogP contribution is 2.41. The van der Waals surface area contributed by atoms with Gasteiger partial charge in [-0.05, 0) is 43.2 Å². The van der Waals surface area contributed by atoms with E-state index >= 15 is 0 Å². The van der Waals surface area contributed by atoms with Crippen LogP contribution in [-0.4, -0.2) is 28.5 Å².